The highest BCUT2D eigenvalue weighted by Gasteiger charge is 2.27. The van der Waals surface area contributed by atoms with Crippen LogP contribution in [0.3, 0.4) is 0 Å². The number of benzene rings is 1. The predicted octanol–water partition coefficient (Wildman–Crippen LogP) is 1.96. The molecule has 1 N–H and O–H groups in total. The minimum Gasteiger partial charge on any atom is -0.336 e. The highest BCUT2D eigenvalue weighted by Crippen LogP contribution is 2.26. The number of hydrogen-bond acceptors (Lipinski definition) is 5. The highest BCUT2D eigenvalue weighted by molar-refractivity contribution is 7.88. The van der Waals surface area contributed by atoms with Crippen LogP contribution in [0.25, 0.3) is 10.6 Å². The van der Waals surface area contributed by atoms with Crippen molar-refractivity contribution >= 4 is 27.3 Å². The van der Waals surface area contributed by atoms with Gasteiger partial charge in [-0.3, -0.25) is 4.79 Å². The summed E-state index contributed by atoms with van der Waals surface area (Å²) in [6.07, 6.45) is 4.27. The number of amides is 1. The van der Waals surface area contributed by atoms with Crippen LogP contribution in [0, 0.1) is 0 Å². The SMILES string of the molecule is CS(=O)(=O)NC1CCCN(C(=O)c2cnc(-c3ccccc3)s2)C1. The Labute approximate surface area is 145 Å². The van der Waals surface area contributed by atoms with Crippen LogP contribution in [0.1, 0.15) is 22.5 Å². The third kappa shape index (κ3) is 4.19. The molecule has 1 aliphatic rings. The number of hydrogen-bond donors (Lipinski definition) is 1. The van der Waals surface area contributed by atoms with E-state index in [0.717, 1.165) is 29.7 Å². The summed E-state index contributed by atoms with van der Waals surface area (Å²) in [5.41, 5.74) is 0.983. The number of sulfonamides is 1. The lowest BCUT2D eigenvalue weighted by Crippen LogP contribution is -2.49. The van der Waals surface area contributed by atoms with E-state index in [-0.39, 0.29) is 11.9 Å². The Morgan fingerprint density at radius 3 is 2.79 bits per heavy atom. The largest absolute Gasteiger partial charge is 0.336 e. The van der Waals surface area contributed by atoms with E-state index >= 15 is 0 Å². The lowest BCUT2D eigenvalue weighted by atomic mass is 10.1. The predicted molar refractivity (Wildman–Crippen MR) is 94.5 cm³/mol. The van der Waals surface area contributed by atoms with Gasteiger partial charge in [-0.1, -0.05) is 30.3 Å². The van der Waals surface area contributed by atoms with Crippen molar-refractivity contribution < 1.29 is 13.2 Å². The smallest absolute Gasteiger partial charge is 0.265 e. The van der Waals surface area contributed by atoms with Crippen molar-refractivity contribution in [3.05, 3.63) is 41.4 Å². The van der Waals surface area contributed by atoms with E-state index in [2.05, 4.69) is 9.71 Å². The van der Waals surface area contributed by atoms with E-state index < -0.39 is 10.0 Å². The molecule has 3 rings (SSSR count). The fourth-order valence-corrected chi connectivity index (χ4v) is 4.49. The summed E-state index contributed by atoms with van der Waals surface area (Å²) >= 11 is 1.36. The Bertz CT molecular complexity index is 818. The van der Waals surface area contributed by atoms with Crippen molar-refractivity contribution in [2.75, 3.05) is 19.3 Å². The number of nitrogens with zero attached hydrogens (tertiary/aromatic N) is 2. The van der Waals surface area contributed by atoms with Crippen molar-refractivity contribution in [1.82, 2.24) is 14.6 Å². The van der Waals surface area contributed by atoms with Gasteiger partial charge in [0, 0.05) is 24.7 Å². The van der Waals surface area contributed by atoms with Gasteiger partial charge in [-0.15, -0.1) is 11.3 Å². The molecule has 1 amide bonds. The number of carbonyl (C=O) groups excluding carboxylic acids is 1. The number of likely N-dealkylation sites (tertiary alicyclic amines) is 1. The van der Waals surface area contributed by atoms with Crippen molar-refractivity contribution in [1.29, 1.82) is 0 Å². The first-order valence-electron chi connectivity index (χ1n) is 7.70. The molecule has 2 aromatic rings. The third-order valence-electron chi connectivity index (χ3n) is 3.83. The summed E-state index contributed by atoms with van der Waals surface area (Å²) in [5, 5.41) is 0.807. The second-order valence-corrected chi connectivity index (χ2v) is 8.69. The minimum atomic E-state index is -3.27. The average molecular weight is 365 g/mol. The topological polar surface area (TPSA) is 79.4 Å². The summed E-state index contributed by atoms with van der Waals surface area (Å²) in [6.45, 7) is 1.03. The number of thiazole rings is 1. The maximum atomic E-state index is 12.7. The minimum absolute atomic E-state index is 0.0883. The van der Waals surface area contributed by atoms with Gasteiger partial charge in [0.1, 0.15) is 9.88 Å². The van der Waals surface area contributed by atoms with E-state index in [9.17, 15) is 13.2 Å². The van der Waals surface area contributed by atoms with E-state index in [0.29, 0.717) is 18.0 Å². The molecule has 8 heteroatoms. The Morgan fingerprint density at radius 1 is 1.33 bits per heavy atom. The van der Waals surface area contributed by atoms with E-state index in [1.165, 1.54) is 11.3 Å². The van der Waals surface area contributed by atoms with Gasteiger partial charge in [-0.05, 0) is 12.8 Å². The van der Waals surface area contributed by atoms with Crippen molar-refractivity contribution in [3.63, 3.8) is 0 Å². The lowest BCUT2D eigenvalue weighted by Gasteiger charge is -2.32. The van der Waals surface area contributed by atoms with E-state index in [1.54, 1.807) is 11.1 Å². The van der Waals surface area contributed by atoms with Gasteiger partial charge < -0.3 is 4.90 Å². The van der Waals surface area contributed by atoms with Crippen LogP contribution in [0.5, 0.6) is 0 Å². The zero-order chi connectivity index (χ0) is 17.2. The average Bonchev–Trinajstić information content (AvgIpc) is 3.03. The Kier molecular flexibility index (Phi) is 4.98. The molecule has 0 spiro atoms. The molecule has 2 heterocycles. The molecular weight excluding hydrogens is 346 g/mol. The molecule has 1 aliphatic heterocycles. The number of carbonyl (C=O) groups is 1. The van der Waals surface area contributed by atoms with Gasteiger partial charge in [0.25, 0.3) is 5.91 Å². The molecule has 1 atom stereocenters. The van der Waals surface area contributed by atoms with Gasteiger partial charge in [-0.2, -0.15) is 0 Å². The molecule has 1 aromatic heterocycles. The molecule has 1 aromatic carbocycles. The molecule has 0 radical (unpaired) electrons. The zero-order valence-corrected chi connectivity index (χ0v) is 14.9. The van der Waals surface area contributed by atoms with Gasteiger partial charge in [0.2, 0.25) is 10.0 Å². The normalized spacial score (nSPS) is 18.5. The molecule has 0 aliphatic carbocycles. The summed E-state index contributed by atoms with van der Waals surface area (Å²) in [6, 6.07) is 9.50. The molecule has 1 unspecified atom stereocenters. The standard InChI is InChI=1S/C16H19N3O3S2/c1-24(21,22)18-13-8-5-9-19(11-13)16(20)14-10-17-15(23-14)12-6-3-2-4-7-12/h2-4,6-7,10,13,18H,5,8-9,11H2,1H3. The molecule has 1 fully saturated rings. The molecule has 0 bridgehead atoms. The highest BCUT2D eigenvalue weighted by atomic mass is 32.2. The van der Waals surface area contributed by atoms with Gasteiger partial charge in [0.15, 0.2) is 0 Å². The summed E-state index contributed by atoms with van der Waals surface area (Å²) in [4.78, 5) is 19.3. The van der Waals surface area contributed by atoms with Gasteiger partial charge in [0.05, 0.1) is 12.5 Å². The fourth-order valence-electron chi connectivity index (χ4n) is 2.80. The number of rotatable bonds is 4. The number of piperidine rings is 1. The van der Waals surface area contributed by atoms with Crippen LogP contribution in [0.15, 0.2) is 36.5 Å². The van der Waals surface area contributed by atoms with E-state index in [1.807, 2.05) is 30.3 Å². The van der Waals surface area contributed by atoms with Crippen LogP contribution < -0.4 is 4.72 Å². The van der Waals surface area contributed by atoms with Crippen molar-refractivity contribution in [2.24, 2.45) is 0 Å². The maximum Gasteiger partial charge on any atom is 0.265 e. The van der Waals surface area contributed by atoms with Crippen LogP contribution in [0.4, 0.5) is 0 Å². The number of nitrogens with one attached hydrogen (secondary N) is 1. The zero-order valence-electron chi connectivity index (χ0n) is 13.3. The molecule has 6 nitrogen and oxygen atoms in total. The maximum absolute atomic E-state index is 12.7. The second kappa shape index (κ2) is 7.00. The van der Waals surface area contributed by atoms with Gasteiger partial charge in [-0.25, -0.2) is 18.1 Å². The Balaban J connectivity index is 1.71. The number of aromatic nitrogens is 1. The van der Waals surface area contributed by atoms with Crippen LogP contribution >= 0.6 is 11.3 Å². The monoisotopic (exact) mass is 365 g/mol. The first kappa shape index (κ1) is 17.1. The van der Waals surface area contributed by atoms with Gasteiger partial charge >= 0.3 is 0 Å². The molecule has 128 valence electrons. The molecule has 0 saturated carbocycles. The second-order valence-electron chi connectivity index (χ2n) is 5.88. The Hall–Kier alpha value is -1.77. The summed E-state index contributed by atoms with van der Waals surface area (Å²) < 4.78 is 25.4. The lowest BCUT2D eigenvalue weighted by molar-refractivity contribution is 0.0708. The quantitative estimate of drug-likeness (QED) is 0.898. The van der Waals surface area contributed by atoms with Crippen molar-refractivity contribution in [2.45, 2.75) is 18.9 Å². The van der Waals surface area contributed by atoms with Crippen LogP contribution in [0.2, 0.25) is 0 Å². The van der Waals surface area contributed by atoms with Crippen LogP contribution in [-0.4, -0.2) is 49.6 Å². The molecule has 1 saturated heterocycles. The Morgan fingerprint density at radius 2 is 2.08 bits per heavy atom. The first-order valence-corrected chi connectivity index (χ1v) is 10.4. The summed E-state index contributed by atoms with van der Waals surface area (Å²) in [7, 11) is -3.27. The fraction of sp³-hybridized carbons (Fsp3) is 0.375. The van der Waals surface area contributed by atoms with E-state index in [4.69, 9.17) is 0 Å². The summed E-state index contributed by atoms with van der Waals surface area (Å²) in [5.74, 6) is -0.0883. The van der Waals surface area contributed by atoms with Crippen molar-refractivity contribution in [3.8, 4) is 10.6 Å². The van der Waals surface area contributed by atoms with Crippen LogP contribution in [-0.2, 0) is 10.0 Å². The third-order valence-corrected chi connectivity index (χ3v) is 5.62. The first-order chi connectivity index (χ1) is 11.4. The molecular formula is C16H19N3O3S2. The molecule has 24 heavy (non-hydrogen) atoms.